The van der Waals surface area contributed by atoms with Crippen LogP contribution in [0.5, 0.6) is 0 Å². The third-order valence-electron chi connectivity index (χ3n) is 2.80. The SMILES string of the molecule is O=C1CCC(NC(=O)c2cc(F)c(Cl)cc2F)C(=O)N1. The fraction of sp³-hybridized carbons (Fsp3) is 0.250. The van der Waals surface area contributed by atoms with Gasteiger partial charge in [-0.05, 0) is 18.6 Å². The number of imide groups is 1. The van der Waals surface area contributed by atoms with Crippen LogP contribution in [0.25, 0.3) is 0 Å². The predicted molar refractivity (Wildman–Crippen MR) is 65.0 cm³/mol. The predicted octanol–water partition coefficient (Wildman–Crippen LogP) is 1.15. The second-order valence-electron chi connectivity index (χ2n) is 4.22. The number of carbonyl (C=O) groups is 3. The molecular weight excluding hydrogens is 294 g/mol. The van der Waals surface area contributed by atoms with Crippen molar-refractivity contribution in [2.75, 3.05) is 0 Å². The van der Waals surface area contributed by atoms with Crippen molar-refractivity contribution in [3.8, 4) is 0 Å². The maximum Gasteiger partial charge on any atom is 0.255 e. The Kier molecular flexibility index (Phi) is 3.99. The van der Waals surface area contributed by atoms with Crippen molar-refractivity contribution in [1.29, 1.82) is 0 Å². The van der Waals surface area contributed by atoms with Crippen LogP contribution in [-0.4, -0.2) is 23.8 Å². The van der Waals surface area contributed by atoms with E-state index in [-0.39, 0.29) is 12.8 Å². The van der Waals surface area contributed by atoms with E-state index in [9.17, 15) is 23.2 Å². The third kappa shape index (κ3) is 2.93. The van der Waals surface area contributed by atoms with Gasteiger partial charge in [-0.2, -0.15) is 0 Å². The van der Waals surface area contributed by atoms with Crippen molar-refractivity contribution in [3.05, 3.63) is 34.4 Å². The standard InChI is InChI=1S/C12H9ClF2N2O3/c13-6-4-7(14)5(3-8(6)15)11(19)16-9-1-2-10(18)17-12(9)20/h3-4,9H,1-2H2,(H,16,19)(H,17,18,20). The molecule has 2 rings (SSSR count). The van der Waals surface area contributed by atoms with Crippen LogP contribution in [0.2, 0.25) is 5.02 Å². The number of amides is 3. The molecule has 20 heavy (non-hydrogen) atoms. The molecule has 1 aliphatic rings. The van der Waals surface area contributed by atoms with Crippen LogP contribution in [0.15, 0.2) is 12.1 Å². The van der Waals surface area contributed by atoms with Gasteiger partial charge in [-0.25, -0.2) is 8.78 Å². The molecule has 0 aromatic heterocycles. The van der Waals surface area contributed by atoms with Gasteiger partial charge < -0.3 is 5.32 Å². The molecule has 1 aromatic carbocycles. The summed E-state index contributed by atoms with van der Waals surface area (Å²) in [7, 11) is 0. The summed E-state index contributed by atoms with van der Waals surface area (Å²) in [5.41, 5.74) is -0.559. The monoisotopic (exact) mass is 302 g/mol. The van der Waals surface area contributed by atoms with Crippen molar-refractivity contribution >= 4 is 29.3 Å². The first-order valence-corrected chi connectivity index (χ1v) is 6.05. The normalized spacial score (nSPS) is 18.6. The molecule has 3 amide bonds. The lowest BCUT2D eigenvalue weighted by atomic mass is 10.1. The quantitative estimate of drug-likeness (QED) is 0.636. The van der Waals surface area contributed by atoms with Crippen LogP contribution in [0.3, 0.4) is 0 Å². The molecule has 1 unspecified atom stereocenters. The summed E-state index contributed by atoms with van der Waals surface area (Å²) in [6.45, 7) is 0. The van der Waals surface area contributed by atoms with Gasteiger partial charge in [0.15, 0.2) is 0 Å². The van der Waals surface area contributed by atoms with Crippen molar-refractivity contribution in [2.45, 2.75) is 18.9 Å². The summed E-state index contributed by atoms with van der Waals surface area (Å²) >= 11 is 5.37. The van der Waals surface area contributed by atoms with Gasteiger partial charge in [0.1, 0.15) is 17.7 Å². The topological polar surface area (TPSA) is 75.3 Å². The molecule has 106 valence electrons. The number of hydrogen-bond donors (Lipinski definition) is 2. The van der Waals surface area contributed by atoms with Gasteiger partial charge in [0.25, 0.3) is 5.91 Å². The number of halogens is 3. The first-order chi connectivity index (χ1) is 9.38. The van der Waals surface area contributed by atoms with E-state index in [1.807, 2.05) is 5.32 Å². The number of nitrogens with one attached hydrogen (secondary N) is 2. The molecule has 0 aliphatic carbocycles. The lowest BCUT2D eigenvalue weighted by Crippen LogP contribution is -2.52. The molecule has 2 N–H and O–H groups in total. The first kappa shape index (κ1) is 14.4. The molecule has 1 aliphatic heterocycles. The van der Waals surface area contributed by atoms with Gasteiger partial charge in [-0.15, -0.1) is 0 Å². The highest BCUT2D eigenvalue weighted by molar-refractivity contribution is 6.30. The summed E-state index contributed by atoms with van der Waals surface area (Å²) in [5, 5.41) is 3.84. The van der Waals surface area contributed by atoms with Crippen molar-refractivity contribution in [1.82, 2.24) is 10.6 Å². The Balaban J connectivity index is 2.14. The Hall–Kier alpha value is -2.02. The van der Waals surface area contributed by atoms with E-state index in [0.717, 1.165) is 0 Å². The van der Waals surface area contributed by atoms with Gasteiger partial charge in [0.2, 0.25) is 11.8 Å². The van der Waals surface area contributed by atoms with E-state index in [0.29, 0.717) is 12.1 Å². The Morgan fingerprint density at radius 2 is 2.00 bits per heavy atom. The molecular formula is C12H9ClF2N2O3. The lowest BCUT2D eigenvalue weighted by Gasteiger charge is -2.21. The number of rotatable bonds is 2. The molecule has 0 spiro atoms. The second kappa shape index (κ2) is 5.54. The molecule has 0 radical (unpaired) electrons. The van der Waals surface area contributed by atoms with Crippen LogP contribution in [-0.2, 0) is 9.59 Å². The van der Waals surface area contributed by atoms with E-state index < -0.39 is 46.0 Å². The fourth-order valence-electron chi connectivity index (χ4n) is 1.76. The van der Waals surface area contributed by atoms with E-state index in [2.05, 4.69) is 5.32 Å². The average molecular weight is 303 g/mol. The molecule has 1 atom stereocenters. The molecule has 1 saturated heterocycles. The summed E-state index contributed by atoms with van der Waals surface area (Å²) in [6.07, 6.45) is 0.169. The minimum Gasteiger partial charge on any atom is -0.340 e. The van der Waals surface area contributed by atoms with Gasteiger partial charge in [-0.3, -0.25) is 19.7 Å². The molecule has 1 heterocycles. The zero-order chi connectivity index (χ0) is 14.9. The molecule has 1 fully saturated rings. The Bertz CT molecular complexity index is 607. The van der Waals surface area contributed by atoms with Crippen LogP contribution in [0.4, 0.5) is 8.78 Å². The fourth-order valence-corrected chi connectivity index (χ4v) is 1.91. The maximum absolute atomic E-state index is 13.5. The van der Waals surface area contributed by atoms with Crippen molar-refractivity contribution < 1.29 is 23.2 Å². The largest absolute Gasteiger partial charge is 0.340 e. The lowest BCUT2D eigenvalue weighted by molar-refractivity contribution is -0.134. The number of benzene rings is 1. The Morgan fingerprint density at radius 1 is 1.30 bits per heavy atom. The van der Waals surface area contributed by atoms with E-state index in [1.165, 1.54) is 0 Å². The molecule has 0 bridgehead atoms. The van der Waals surface area contributed by atoms with Crippen LogP contribution in [0, 0.1) is 11.6 Å². The molecule has 5 nitrogen and oxygen atoms in total. The highest BCUT2D eigenvalue weighted by Gasteiger charge is 2.29. The van der Waals surface area contributed by atoms with Crippen molar-refractivity contribution in [2.24, 2.45) is 0 Å². The van der Waals surface area contributed by atoms with Crippen LogP contribution in [0.1, 0.15) is 23.2 Å². The summed E-state index contributed by atoms with van der Waals surface area (Å²) in [6, 6.07) is 0.369. The number of piperidine rings is 1. The Labute approximate surface area is 117 Å². The zero-order valence-electron chi connectivity index (χ0n) is 10.0. The smallest absolute Gasteiger partial charge is 0.255 e. The minimum atomic E-state index is -0.999. The highest BCUT2D eigenvalue weighted by atomic mass is 35.5. The second-order valence-corrected chi connectivity index (χ2v) is 4.63. The number of carbonyl (C=O) groups excluding carboxylic acids is 3. The first-order valence-electron chi connectivity index (χ1n) is 5.67. The van der Waals surface area contributed by atoms with E-state index >= 15 is 0 Å². The molecule has 1 aromatic rings. The maximum atomic E-state index is 13.5. The van der Waals surface area contributed by atoms with Gasteiger partial charge in [0.05, 0.1) is 10.6 Å². The van der Waals surface area contributed by atoms with Gasteiger partial charge in [0, 0.05) is 6.42 Å². The molecule has 8 heteroatoms. The molecule has 0 saturated carbocycles. The highest BCUT2D eigenvalue weighted by Crippen LogP contribution is 2.19. The summed E-state index contributed by atoms with van der Waals surface area (Å²) in [4.78, 5) is 34.2. The number of hydrogen-bond acceptors (Lipinski definition) is 3. The zero-order valence-corrected chi connectivity index (χ0v) is 10.8. The average Bonchev–Trinajstić information content (AvgIpc) is 2.37. The Morgan fingerprint density at radius 3 is 2.65 bits per heavy atom. The van der Waals surface area contributed by atoms with Crippen molar-refractivity contribution in [3.63, 3.8) is 0 Å². The van der Waals surface area contributed by atoms with E-state index in [1.54, 1.807) is 0 Å². The van der Waals surface area contributed by atoms with Gasteiger partial charge >= 0.3 is 0 Å². The minimum absolute atomic E-state index is 0.0636. The third-order valence-corrected chi connectivity index (χ3v) is 3.09. The van der Waals surface area contributed by atoms with Gasteiger partial charge in [-0.1, -0.05) is 11.6 Å². The van der Waals surface area contributed by atoms with Crippen LogP contribution < -0.4 is 10.6 Å². The summed E-state index contributed by atoms with van der Waals surface area (Å²) in [5.74, 6) is -4.01. The van der Waals surface area contributed by atoms with E-state index in [4.69, 9.17) is 11.6 Å². The summed E-state index contributed by atoms with van der Waals surface area (Å²) < 4.78 is 26.8. The van der Waals surface area contributed by atoms with Crippen LogP contribution >= 0.6 is 11.6 Å².